The monoisotopic (exact) mass is 423 g/mol. The van der Waals surface area contributed by atoms with Gasteiger partial charge in [0.2, 0.25) is 5.91 Å². The number of nitrogens with one attached hydrogen (secondary N) is 3. The van der Waals surface area contributed by atoms with Gasteiger partial charge >= 0.3 is 0 Å². The zero-order chi connectivity index (χ0) is 19.2. The maximum absolute atomic E-state index is 12.2. The van der Waals surface area contributed by atoms with Gasteiger partial charge in [-0.25, -0.2) is 0 Å². The molecule has 1 aromatic carbocycles. The fourth-order valence-corrected chi connectivity index (χ4v) is 3.64. The molecule has 1 aliphatic carbocycles. The van der Waals surface area contributed by atoms with Crippen molar-refractivity contribution in [2.24, 2.45) is 5.92 Å². The molecule has 6 heteroatoms. The summed E-state index contributed by atoms with van der Waals surface area (Å²) in [5.74, 6) is 0.527. The molecule has 2 rings (SSSR count). The molecule has 1 saturated carbocycles. The van der Waals surface area contributed by atoms with Gasteiger partial charge in [-0.3, -0.25) is 9.59 Å². The molecule has 5 nitrogen and oxygen atoms in total. The second-order valence-corrected chi connectivity index (χ2v) is 9.03. The minimum absolute atomic E-state index is 0.0228. The van der Waals surface area contributed by atoms with Gasteiger partial charge in [-0.05, 0) is 70.6 Å². The summed E-state index contributed by atoms with van der Waals surface area (Å²) < 4.78 is 0.909. The molecule has 1 aromatic rings. The van der Waals surface area contributed by atoms with Crippen molar-refractivity contribution in [3.8, 4) is 0 Å². The largest absolute Gasteiger partial charge is 0.352 e. The van der Waals surface area contributed by atoms with E-state index in [9.17, 15) is 9.59 Å². The van der Waals surface area contributed by atoms with Crippen LogP contribution in [-0.2, 0) is 4.79 Å². The molecule has 0 bridgehead atoms. The van der Waals surface area contributed by atoms with Crippen LogP contribution in [0.15, 0.2) is 28.7 Å². The smallest absolute Gasteiger partial charge is 0.251 e. The van der Waals surface area contributed by atoms with Crippen LogP contribution in [0.25, 0.3) is 0 Å². The Morgan fingerprint density at radius 2 is 1.85 bits per heavy atom. The molecule has 0 heterocycles. The van der Waals surface area contributed by atoms with Crippen LogP contribution in [0, 0.1) is 5.92 Å². The van der Waals surface area contributed by atoms with E-state index in [1.807, 2.05) is 45.0 Å². The predicted molar refractivity (Wildman–Crippen MR) is 108 cm³/mol. The lowest BCUT2D eigenvalue weighted by Crippen LogP contribution is -2.47. The molecule has 0 aromatic heterocycles. The molecular weight excluding hydrogens is 394 g/mol. The average Bonchev–Trinajstić information content (AvgIpc) is 2.57. The Labute approximate surface area is 164 Å². The molecule has 26 heavy (non-hydrogen) atoms. The first-order valence-electron chi connectivity index (χ1n) is 9.31. The zero-order valence-corrected chi connectivity index (χ0v) is 17.5. The average molecular weight is 424 g/mol. The maximum atomic E-state index is 12.2. The van der Waals surface area contributed by atoms with Crippen molar-refractivity contribution in [2.45, 2.75) is 58.0 Å². The molecule has 1 fully saturated rings. The van der Waals surface area contributed by atoms with Crippen LogP contribution in [0.2, 0.25) is 0 Å². The van der Waals surface area contributed by atoms with Gasteiger partial charge in [-0.1, -0.05) is 22.0 Å². The lowest BCUT2D eigenvalue weighted by Gasteiger charge is -2.29. The number of carbonyl (C=O) groups is 2. The zero-order valence-electron chi connectivity index (χ0n) is 15.9. The van der Waals surface area contributed by atoms with Crippen molar-refractivity contribution < 1.29 is 9.59 Å². The second-order valence-electron chi connectivity index (χ2n) is 8.12. The van der Waals surface area contributed by atoms with Crippen LogP contribution in [0.3, 0.4) is 0 Å². The Balaban J connectivity index is 1.65. The summed E-state index contributed by atoms with van der Waals surface area (Å²) in [7, 11) is 0. The minimum Gasteiger partial charge on any atom is -0.352 e. The van der Waals surface area contributed by atoms with Crippen molar-refractivity contribution >= 4 is 27.7 Å². The minimum atomic E-state index is -0.191. The van der Waals surface area contributed by atoms with Gasteiger partial charge in [0.05, 0.1) is 6.54 Å². The van der Waals surface area contributed by atoms with Gasteiger partial charge in [0.1, 0.15) is 0 Å². The third-order valence-electron chi connectivity index (χ3n) is 4.55. The summed E-state index contributed by atoms with van der Waals surface area (Å²) >= 11 is 3.39. The van der Waals surface area contributed by atoms with Crippen LogP contribution >= 0.6 is 15.9 Å². The van der Waals surface area contributed by atoms with Crippen molar-refractivity contribution in [1.82, 2.24) is 16.0 Å². The molecule has 0 saturated heterocycles. The van der Waals surface area contributed by atoms with E-state index in [0.29, 0.717) is 30.6 Å². The number of carbonyl (C=O) groups excluding carboxylic acids is 2. The third-order valence-corrected chi connectivity index (χ3v) is 5.04. The van der Waals surface area contributed by atoms with Gasteiger partial charge in [0, 0.05) is 28.2 Å². The van der Waals surface area contributed by atoms with Crippen molar-refractivity contribution in [3.05, 3.63) is 34.3 Å². The Morgan fingerprint density at radius 3 is 2.46 bits per heavy atom. The molecule has 0 spiro atoms. The van der Waals surface area contributed by atoms with Crippen LogP contribution in [0.1, 0.15) is 56.8 Å². The molecule has 0 radical (unpaired) electrons. The van der Waals surface area contributed by atoms with E-state index in [2.05, 4.69) is 31.9 Å². The van der Waals surface area contributed by atoms with Crippen molar-refractivity contribution in [1.29, 1.82) is 0 Å². The fraction of sp³-hybridized carbons (Fsp3) is 0.600. The summed E-state index contributed by atoms with van der Waals surface area (Å²) in [6.07, 6.45) is 4.22. The standard InChI is InChI=1S/C20H30BrN3O2/c1-20(2,3)24-18(25)13-22-17-9-7-14(8-10-17)12-23-19(26)15-5-4-6-16(21)11-15/h4-6,11,14,17,22H,7-10,12-13H2,1-3H3,(H,23,26)(H,24,25). The molecule has 0 unspecified atom stereocenters. The summed E-state index contributed by atoms with van der Waals surface area (Å²) in [4.78, 5) is 24.1. The molecule has 144 valence electrons. The molecule has 3 N–H and O–H groups in total. The molecule has 0 atom stereocenters. The highest BCUT2D eigenvalue weighted by atomic mass is 79.9. The van der Waals surface area contributed by atoms with Gasteiger partial charge in [0.25, 0.3) is 5.91 Å². The summed E-state index contributed by atoms with van der Waals surface area (Å²) in [5, 5.41) is 9.37. The first kappa shape index (κ1) is 20.9. The van der Waals surface area contributed by atoms with Crippen molar-refractivity contribution in [2.75, 3.05) is 13.1 Å². The quantitative estimate of drug-likeness (QED) is 0.657. The van der Waals surface area contributed by atoms with Crippen molar-refractivity contribution in [3.63, 3.8) is 0 Å². The van der Waals surface area contributed by atoms with Gasteiger partial charge in [-0.15, -0.1) is 0 Å². The highest BCUT2D eigenvalue weighted by Crippen LogP contribution is 2.23. The number of halogens is 1. The van der Waals surface area contributed by atoms with E-state index in [1.165, 1.54) is 0 Å². The summed E-state index contributed by atoms with van der Waals surface area (Å²) in [5.41, 5.74) is 0.489. The predicted octanol–water partition coefficient (Wildman–Crippen LogP) is 3.24. The third kappa shape index (κ3) is 7.46. The second kappa shape index (κ2) is 9.51. The van der Waals surface area contributed by atoms with E-state index < -0.39 is 0 Å². The van der Waals surface area contributed by atoms with E-state index in [0.717, 1.165) is 30.2 Å². The number of amides is 2. The number of rotatable bonds is 6. The molecule has 2 amide bonds. The number of benzene rings is 1. The molecule has 0 aliphatic heterocycles. The molecular formula is C20H30BrN3O2. The normalized spacial score (nSPS) is 20.5. The van der Waals surface area contributed by atoms with Crippen LogP contribution in [-0.4, -0.2) is 36.5 Å². The molecule has 1 aliphatic rings. The Morgan fingerprint density at radius 1 is 1.15 bits per heavy atom. The lowest BCUT2D eigenvalue weighted by molar-refractivity contribution is -0.121. The SMILES string of the molecule is CC(C)(C)NC(=O)CNC1CCC(CNC(=O)c2cccc(Br)c2)CC1. The topological polar surface area (TPSA) is 70.2 Å². The van der Waals surface area contributed by atoms with Crippen LogP contribution in [0.4, 0.5) is 0 Å². The summed E-state index contributed by atoms with van der Waals surface area (Å²) in [6.45, 7) is 7.03. The Hall–Kier alpha value is -1.40. The van der Waals surface area contributed by atoms with E-state index in [-0.39, 0.29) is 17.4 Å². The number of hydrogen-bond acceptors (Lipinski definition) is 3. The van der Waals surface area contributed by atoms with E-state index in [4.69, 9.17) is 0 Å². The highest BCUT2D eigenvalue weighted by molar-refractivity contribution is 9.10. The van der Waals surface area contributed by atoms with E-state index in [1.54, 1.807) is 0 Å². The highest BCUT2D eigenvalue weighted by Gasteiger charge is 2.22. The van der Waals surface area contributed by atoms with Gasteiger partial charge < -0.3 is 16.0 Å². The van der Waals surface area contributed by atoms with Crippen LogP contribution in [0.5, 0.6) is 0 Å². The number of hydrogen-bond donors (Lipinski definition) is 3. The lowest BCUT2D eigenvalue weighted by atomic mass is 9.86. The van der Waals surface area contributed by atoms with Crippen LogP contribution < -0.4 is 16.0 Å². The fourth-order valence-electron chi connectivity index (χ4n) is 3.24. The maximum Gasteiger partial charge on any atom is 0.251 e. The Bertz CT molecular complexity index is 620. The van der Waals surface area contributed by atoms with Gasteiger partial charge in [-0.2, -0.15) is 0 Å². The Kier molecular flexibility index (Phi) is 7.65. The van der Waals surface area contributed by atoms with E-state index >= 15 is 0 Å². The first-order chi connectivity index (χ1) is 12.2. The first-order valence-corrected chi connectivity index (χ1v) is 10.1. The summed E-state index contributed by atoms with van der Waals surface area (Å²) in [6, 6.07) is 7.82. The van der Waals surface area contributed by atoms with Gasteiger partial charge in [0.15, 0.2) is 0 Å².